The molecule has 0 heterocycles. The number of carbonyl (C=O) groups is 5. The molecule has 0 bridgehead atoms. The van der Waals surface area contributed by atoms with Crippen LogP contribution in [0, 0.1) is 23.8 Å². The van der Waals surface area contributed by atoms with Gasteiger partial charge < -0.3 is 25.3 Å². The molecule has 12 nitrogen and oxygen atoms in total. The van der Waals surface area contributed by atoms with Crippen molar-refractivity contribution < 1.29 is 69.7 Å². The molecule has 0 aliphatic heterocycles. The lowest BCUT2D eigenvalue weighted by atomic mass is 9.56. The number of ether oxygens (including phenoxy) is 1. The van der Waals surface area contributed by atoms with E-state index in [4.69, 9.17) is 54.9 Å². The van der Waals surface area contributed by atoms with Crippen molar-refractivity contribution in [3.8, 4) is 0 Å². The first-order chi connectivity index (χ1) is 40.9. The zero-order valence-electron chi connectivity index (χ0n) is 49.0. The molecule has 0 radical (unpaired) electrons. The number of rotatable bonds is 14. The van der Waals surface area contributed by atoms with Gasteiger partial charge in [0.2, 0.25) is 5.91 Å². The van der Waals surface area contributed by atoms with Crippen molar-refractivity contribution in [2.45, 2.75) is 122 Å². The SMILES string of the molecule is CC(C)(C)C1CC(C(=O)CC(c2ccccc2)c2ccccc2)(N(Cc2ccc(C(F)(F)F)cc2)C(=O)CCl)C1.CC(C)(C)OC(=O)C1CC(=O)C1.NCc1ccc(C(F)(F)F)cc1.O=C(O)CCl.O=C=O.[C-]#[N+]C(c1ccccc1)c1ccccc1. The van der Waals surface area contributed by atoms with E-state index in [0.29, 0.717) is 36.8 Å². The summed E-state index contributed by atoms with van der Waals surface area (Å²) in [5, 5.41) is 7.59. The second-order valence-electron chi connectivity index (χ2n) is 22.4. The van der Waals surface area contributed by atoms with Crippen LogP contribution in [0.2, 0.25) is 0 Å². The molecule has 0 atom stereocenters. The van der Waals surface area contributed by atoms with Gasteiger partial charge in [-0.3, -0.25) is 24.0 Å². The standard InChI is InChI=1S/C33H35ClF3NO2.C14H11N.C9H14O3.C8H8F3N.C2H3ClO2.CO2/c1-31(2,3)27-19-32(20-27,38(30(40)21-34)22-23-14-16-26(17-15-23)33(35,36)37)29(39)18-28(24-10-6-4-7-11-24)25-12-8-5-9-13-25;1-15-14(12-8-4-2-5-9-12)13-10-6-3-7-11-13;1-9(2,3)12-8(11)6-4-7(10)5-6;9-8(10,11)7-3-1-6(5-12)2-4-7;3-1-2(4)5;2-1-3/h4-17,27-28H,18-22H2,1-3H3;2-11,14H;6H,4-5H2,1-3H3;1-4H,5,12H2;1H2,(H,4,5);. The number of amides is 1. The molecule has 0 aromatic heterocycles. The third kappa shape index (κ3) is 24.0. The molecule has 3 N–H and O–H groups in total. The number of nitrogens with two attached hydrogens (primary N) is 1. The van der Waals surface area contributed by atoms with Gasteiger partial charge in [0, 0.05) is 49.4 Å². The number of aliphatic carboxylic acids is 1. The van der Waals surface area contributed by atoms with Gasteiger partial charge in [0.15, 0.2) is 5.78 Å². The highest BCUT2D eigenvalue weighted by molar-refractivity contribution is 6.27. The number of nitrogens with zero attached hydrogens (tertiary/aromatic N) is 2. The number of hydrogen-bond acceptors (Lipinski definition) is 9. The van der Waals surface area contributed by atoms with Crippen molar-refractivity contribution in [2.24, 2.45) is 23.0 Å². The van der Waals surface area contributed by atoms with E-state index in [1.165, 1.54) is 29.2 Å². The topological polar surface area (TPSA) is 183 Å². The van der Waals surface area contributed by atoms with E-state index in [1.807, 2.05) is 142 Å². The van der Waals surface area contributed by atoms with Crippen LogP contribution in [0.15, 0.2) is 170 Å². The Morgan fingerprint density at radius 1 is 0.655 bits per heavy atom. The van der Waals surface area contributed by atoms with Crippen LogP contribution in [0.4, 0.5) is 26.3 Å². The summed E-state index contributed by atoms with van der Waals surface area (Å²) in [6.45, 7) is 19.4. The van der Waals surface area contributed by atoms with Crippen LogP contribution in [-0.4, -0.2) is 68.5 Å². The highest BCUT2D eigenvalue weighted by Crippen LogP contribution is 2.53. The number of halogens is 8. The van der Waals surface area contributed by atoms with Gasteiger partial charge in [-0.05, 0) is 91.5 Å². The average molecular weight is 1250 g/mol. The second-order valence-corrected chi connectivity index (χ2v) is 22.9. The Kier molecular flexibility index (Phi) is 29.0. The summed E-state index contributed by atoms with van der Waals surface area (Å²) in [5.74, 6) is -2.33. The van der Waals surface area contributed by atoms with E-state index in [1.54, 1.807) is 0 Å². The van der Waals surface area contributed by atoms with Crippen molar-refractivity contribution in [3.05, 3.63) is 226 Å². The molecule has 8 rings (SSSR count). The number of ketones is 2. The fraction of sp³-hybridized carbons (Fsp3) is 0.358. The minimum Gasteiger partial charge on any atom is -0.480 e. The Morgan fingerprint density at radius 2 is 1.02 bits per heavy atom. The minimum absolute atomic E-state index is 0.00757. The second kappa shape index (κ2) is 34.4. The van der Waals surface area contributed by atoms with Crippen molar-refractivity contribution in [1.82, 2.24) is 4.90 Å². The Morgan fingerprint density at radius 3 is 1.32 bits per heavy atom. The number of hydrogen-bond donors (Lipinski definition) is 2. The Bertz CT molecular complexity index is 3090. The largest absolute Gasteiger partial charge is 0.480 e. The molecule has 1 amide bonds. The van der Waals surface area contributed by atoms with Crippen LogP contribution in [0.3, 0.4) is 0 Å². The van der Waals surface area contributed by atoms with Crippen molar-refractivity contribution in [1.29, 1.82) is 0 Å². The summed E-state index contributed by atoms with van der Waals surface area (Å²) in [7, 11) is 0. The van der Waals surface area contributed by atoms with E-state index < -0.39 is 46.5 Å². The van der Waals surface area contributed by atoms with Gasteiger partial charge in [-0.15, -0.1) is 23.2 Å². The maximum atomic E-state index is 14.4. The van der Waals surface area contributed by atoms with Crippen LogP contribution in [-0.2, 0) is 63.7 Å². The van der Waals surface area contributed by atoms with E-state index in [0.717, 1.165) is 46.5 Å². The monoisotopic (exact) mass is 1250 g/mol. The predicted molar refractivity (Wildman–Crippen MR) is 320 cm³/mol. The van der Waals surface area contributed by atoms with Gasteiger partial charge in [0.05, 0.1) is 17.0 Å². The maximum absolute atomic E-state index is 14.4. The molecule has 2 saturated carbocycles. The Balaban J connectivity index is 0.000000340. The molecule has 0 spiro atoms. The number of alkyl halides is 8. The third-order valence-corrected chi connectivity index (χ3v) is 14.4. The lowest BCUT2D eigenvalue weighted by Crippen LogP contribution is -2.66. The van der Waals surface area contributed by atoms with E-state index in [9.17, 15) is 50.3 Å². The first kappa shape index (κ1) is 73.3. The molecule has 87 heavy (non-hydrogen) atoms. The van der Waals surface area contributed by atoms with Crippen LogP contribution in [0.25, 0.3) is 4.85 Å². The van der Waals surface area contributed by atoms with E-state index in [2.05, 4.69) is 25.6 Å². The Hall–Kier alpha value is -7.94. The highest BCUT2D eigenvalue weighted by atomic mass is 35.5. The fourth-order valence-corrected chi connectivity index (χ4v) is 9.30. The summed E-state index contributed by atoms with van der Waals surface area (Å²) in [4.78, 5) is 80.2. The molecular formula is C67H71Cl2F6N3O9. The normalized spacial score (nSPS) is 15.3. The van der Waals surface area contributed by atoms with Crippen molar-refractivity contribution in [2.75, 3.05) is 11.8 Å². The zero-order valence-corrected chi connectivity index (χ0v) is 50.6. The van der Waals surface area contributed by atoms with Gasteiger partial charge in [-0.25, -0.2) is 6.57 Å². The van der Waals surface area contributed by atoms with Crippen LogP contribution in [0.5, 0.6) is 0 Å². The van der Waals surface area contributed by atoms with E-state index >= 15 is 0 Å². The number of carboxylic acids is 1. The van der Waals surface area contributed by atoms with Gasteiger partial charge in [0.25, 0.3) is 6.04 Å². The van der Waals surface area contributed by atoms with Crippen LogP contribution < -0.4 is 5.73 Å². The molecule has 464 valence electrons. The predicted octanol–water partition coefficient (Wildman–Crippen LogP) is 15.2. The fourth-order valence-electron chi connectivity index (χ4n) is 9.16. The van der Waals surface area contributed by atoms with Crippen molar-refractivity contribution >= 4 is 58.8 Å². The maximum Gasteiger partial charge on any atom is 0.416 e. The molecule has 0 saturated heterocycles. The number of Topliss-reactive ketones (excluding diaryl/α,β-unsaturated/α-hetero) is 2. The average Bonchev–Trinajstić information content (AvgIpc) is 0.781. The Labute approximate surface area is 513 Å². The molecule has 6 aromatic rings. The quantitative estimate of drug-likeness (QED) is 0.0461. The number of esters is 1. The van der Waals surface area contributed by atoms with Crippen molar-refractivity contribution in [3.63, 3.8) is 0 Å². The molecular weight excluding hydrogens is 1180 g/mol. The smallest absolute Gasteiger partial charge is 0.416 e. The molecule has 20 heteroatoms. The first-order valence-electron chi connectivity index (χ1n) is 27.4. The lowest BCUT2D eigenvalue weighted by Gasteiger charge is -2.57. The minimum atomic E-state index is -4.46. The zero-order chi connectivity index (χ0) is 65.2. The highest BCUT2D eigenvalue weighted by Gasteiger charge is 2.57. The van der Waals surface area contributed by atoms with Gasteiger partial charge >= 0.3 is 30.4 Å². The molecule has 6 aromatic carbocycles. The summed E-state index contributed by atoms with van der Waals surface area (Å²) in [6.07, 6.45) is -6.58. The third-order valence-electron chi connectivity index (χ3n) is 13.9. The molecule has 2 fully saturated rings. The molecule has 2 aliphatic rings. The van der Waals surface area contributed by atoms with Gasteiger partial charge in [-0.2, -0.15) is 35.9 Å². The van der Waals surface area contributed by atoms with Gasteiger partial charge in [0.1, 0.15) is 28.7 Å². The summed E-state index contributed by atoms with van der Waals surface area (Å²) in [6, 6.07) is 48.8. The van der Waals surface area contributed by atoms with E-state index in [-0.39, 0.29) is 84.2 Å². The molecule has 2 aliphatic carbocycles. The number of carboxylic acid groups (broad SMARTS) is 1. The van der Waals surface area contributed by atoms with Gasteiger partial charge in [-0.1, -0.05) is 166 Å². The first-order valence-corrected chi connectivity index (χ1v) is 28.4. The summed E-state index contributed by atoms with van der Waals surface area (Å²) < 4.78 is 80.5. The van der Waals surface area contributed by atoms with Crippen LogP contribution >= 0.6 is 23.2 Å². The lowest BCUT2D eigenvalue weighted by molar-refractivity contribution is -0.192. The summed E-state index contributed by atoms with van der Waals surface area (Å²) in [5.41, 5.74) is 7.55. The number of carbonyl (C=O) groups excluding carboxylic acids is 6. The summed E-state index contributed by atoms with van der Waals surface area (Å²) >= 11 is 10.8. The van der Waals surface area contributed by atoms with Crippen LogP contribution in [0.1, 0.15) is 130 Å². The number of benzene rings is 6. The molecule has 0 unspecified atom stereocenters.